The van der Waals surface area contributed by atoms with Crippen LogP contribution in [0, 0.1) is 0 Å². The van der Waals surface area contributed by atoms with E-state index < -0.39 is 0 Å². The van der Waals surface area contributed by atoms with Gasteiger partial charge in [-0.25, -0.2) is 4.98 Å². The predicted octanol–water partition coefficient (Wildman–Crippen LogP) is 3.59. The first-order valence-corrected chi connectivity index (χ1v) is 7.58. The van der Waals surface area contributed by atoms with E-state index in [1.54, 1.807) is 18.0 Å². The van der Waals surface area contributed by atoms with Crippen molar-refractivity contribution in [2.75, 3.05) is 12.8 Å². The molecule has 1 heterocycles. The quantitative estimate of drug-likeness (QED) is 0.792. The minimum absolute atomic E-state index is 0.344. The third-order valence-corrected chi connectivity index (χ3v) is 4.21. The molecule has 0 saturated carbocycles. The summed E-state index contributed by atoms with van der Waals surface area (Å²) in [6.45, 7) is 4.44. The van der Waals surface area contributed by atoms with Crippen molar-refractivity contribution in [1.29, 1.82) is 0 Å². The van der Waals surface area contributed by atoms with Gasteiger partial charge in [0.05, 0.1) is 0 Å². The predicted molar refractivity (Wildman–Crippen MR) is 81.6 cm³/mol. The lowest BCUT2D eigenvalue weighted by Crippen LogP contribution is -2.18. The molecule has 0 saturated heterocycles. The van der Waals surface area contributed by atoms with E-state index in [-0.39, 0.29) is 0 Å². The van der Waals surface area contributed by atoms with Crippen LogP contribution in [0.5, 0.6) is 0 Å². The normalized spacial score (nSPS) is 12.8. The molecule has 102 valence electrons. The van der Waals surface area contributed by atoms with Gasteiger partial charge in [-0.15, -0.1) is 0 Å². The maximum atomic E-state index is 4.23. The molecule has 1 aromatic carbocycles. The fourth-order valence-corrected chi connectivity index (χ4v) is 2.92. The molecule has 0 aliphatic rings. The lowest BCUT2D eigenvalue weighted by molar-refractivity contribution is 0.660. The van der Waals surface area contributed by atoms with E-state index in [1.807, 2.05) is 13.2 Å². The molecule has 19 heavy (non-hydrogen) atoms. The summed E-state index contributed by atoms with van der Waals surface area (Å²) >= 11 is 1.74. The van der Waals surface area contributed by atoms with Gasteiger partial charge >= 0.3 is 0 Å². The van der Waals surface area contributed by atoms with E-state index in [0.29, 0.717) is 12.0 Å². The number of thioether (sulfide) groups is 1. The number of nitrogens with zero attached hydrogens (tertiary/aromatic N) is 1. The van der Waals surface area contributed by atoms with E-state index in [2.05, 4.69) is 53.4 Å². The maximum Gasteiger partial charge on any atom is 0.165 e. The third kappa shape index (κ3) is 3.85. The summed E-state index contributed by atoms with van der Waals surface area (Å²) in [4.78, 5) is 7.35. The first-order chi connectivity index (χ1) is 9.20. The average molecular weight is 275 g/mol. The second kappa shape index (κ2) is 6.78. The number of aromatic amines is 1. The number of imidazole rings is 1. The lowest BCUT2D eigenvalue weighted by atomic mass is 10.00. The Bertz CT molecular complexity index is 477. The van der Waals surface area contributed by atoms with Crippen molar-refractivity contribution < 1.29 is 0 Å². The number of hydrogen-bond donors (Lipinski definition) is 2. The first kappa shape index (κ1) is 14.2. The van der Waals surface area contributed by atoms with Crippen molar-refractivity contribution in [3.8, 4) is 0 Å². The fourth-order valence-electron chi connectivity index (χ4n) is 1.95. The molecule has 0 fully saturated rings. The van der Waals surface area contributed by atoms with Crippen LogP contribution >= 0.6 is 11.8 Å². The molecule has 2 N–H and O–H groups in total. The highest BCUT2D eigenvalue weighted by Gasteiger charge is 2.11. The minimum atomic E-state index is 0.344. The topological polar surface area (TPSA) is 40.7 Å². The van der Waals surface area contributed by atoms with Crippen LogP contribution in [0.3, 0.4) is 0 Å². The largest absolute Gasteiger partial charge is 0.340 e. The first-order valence-electron chi connectivity index (χ1n) is 6.60. The van der Waals surface area contributed by atoms with Gasteiger partial charge in [-0.1, -0.05) is 49.9 Å². The summed E-state index contributed by atoms with van der Waals surface area (Å²) in [5.41, 5.74) is 2.71. The Labute approximate surface area is 119 Å². The van der Waals surface area contributed by atoms with Crippen molar-refractivity contribution in [2.45, 2.75) is 31.0 Å². The van der Waals surface area contributed by atoms with Crippen LogP contribution in [-0.2, 0) is 0 Å². The molecule has 4 heteroatoms. The molecule has 0 spiro atoms. The van der Waals surface area contributed by atoms with Crippen LogP contribution < -0.4 is 5.32 Å². The smallest absolute Gasteiger partial charge is 0.165 e. The van der Waals surface area contributed by atoms with Crippen molar-refractivity contribution >= 4 is 11.8 Å². The summed E-state index contributed by atoms with van der Waals surface area (Å²) in [6, 6.07) is 9.23. The van der Waals surface area contributed by atoms with Crippen LogP contribution in [0.4, 0.5) is 0 Å². The van der Waals surface area contributed by atoms with E-state index in [4.69, 9.17) is 0 Å². The highest BCUT2D eigenvalue weighted by atomic mass is 32.2. The van der Waals surface area contributed by atoms with Gasteiger partial charge < -0.3 is 10.3 Å². The number of aromatic nitrogens is 2. The number of rotatable bonds is 6. The molecule has 0 aliphatic heterocycles. The van der Waals surface area contributed by atoms with E-state index in [0.717, 1.165) is 10.9 Å². The second-order valence-corrected chi connectivity index (χ2v) is 5.88. The molecular weight excluding hydrogens is 254 g/mol. The van der Waals surface area contributed by atoms with Crippen molar-refractivity contribution in [1.82, 2.24) is 15.3 Å². The molecule has 3 nitrogen and oxygen atoms in total. The van der Waals surface area contributed by atoms with Crippen molar-refractivity contribution in [2.24, 2.45) is 0 Å². The van der Waals surface area contributed by atoms with Crippen LogP contribution in [0.2, 0.25) is 0 Å². The van der Waals surface area contributed by atoms with Gasteiger partial charge in [0, 0.05) is 24.2 Å². The van der Waals surface area contributed by atoms with Gasteiger partial charge in [0.2, 0.25) is 0 Å². The van der Waals surface area contributed by atoms with Gasteiger partial charge in [-0.2, -0.15) is 0 Å². The number of hydrogen-bond acceptors (Lipinski definition) is 3. The highest BCUT2D eigenvalue weighted by Crippen LogP contribution is 2.23. The summed E-state index contributed by atoms with van der Waals surface area (Å²) in [5, 5.41) is 4.34. The van der Waals surface area contributed by atoms with E-state index in [9.17, 15) is 0 Å². The lowest BCUT2D eigenvalue weighted by Gasteiger charge is -2.16. The standard InChI is InChI=1S/C15H21N3S/c1-11(2)12-4-6-13(7-5-12)14(16-3)10-19-15-17-8-9-18-15/h4-9,11,14,16H,10H2,1-3H3,(H,17,18). The Morgan fingerprint density at radius 1 is 1.21 bits per heavy atom. The summed E-state index contributed by atoms with van der Waals surface area (Å²) in [6.07, 6.45) is 3.64. The Hall–Kier alpha value is -1.26. The van der Waals surface area contributed by atoms with Gasteiger partial charge in [0.25, 0.3) is 0 Å². The average Bonchev–Trinajstić information content (AvgIpc) is 2.93. The zero-order valence-electron chi connectivity index (χ0n) is 11.7. The molecule has 2 rings (SSSR count). The SMILES string of the molecule is CNC(CSc1ncc[nH]1)c1ccc(C(C)C)cc1. The number of nitrogens with one attached hydrogen (secondary N) is 2. The Morgan fingerprint density at radius 2 is 1.89 bits per heavy atom. The second-order valence-electron chi connectivity index (χ2n) is 4.87. The van der Waals surface area contributed by atoms with Gasteiger partial charge in [-0.05, 0) is 24.1 Å². The van der Waals surface area contributed by atoms with Gasteiger partial charge in [0.1, 0.15) is 0 Å². The Balaban J connectivity index is 2.00. The molecule has 0 amide bonds. The monoisotopic (exact) mass is 275 g/mol. The molecular formula is C15H21N3S. The van der Waals surface area contributed by atoms with Crippen LogP contribution in [0.15, 0.2) is 41.8 Å². The molecule has 1 aromatic heterocycles. The molecule has 2 aromatic rings. The van der Waals surface area contributed by atoms with Crippen LogP contribution in [-0.4, -0.2) is 22.8 Å². The molecule has 1 unspecified atom stereocenters. The van der Waals surface area contributed by atoms with Crippen molar-refractivity contribution in [3.63, 3.8) is 0 Å². The van der Waals surface area contributed by atoms with E-state index >= 15 is 0 Å². The number of benzene rings is 1. The Morgan fingerprint density at radius 3 is 2.42 bits per heavy atom. The zero-order chi connectivity index (χ0) is 13.7. The highest BCUT2D eigenvalue weighted by molar-refractivity contribution is 7.99. The van der Waals surface area contributed by atoms with Crippen LogP contribution in [0.25, 0.3) is 0 Å². The van der Waals surface area contributed by atoms with Crippen LogP contribution in [0.1, 0.15) is 36.9 Å². The third-order valence-electron chi connectivity index (χ3n) is 3.21. The molecule has 1 atom stereocenters. The van der Waals surface area contributed by atoms with Gasteiger partial charge in [-0.3, -0.25) is 0 Å². The molecule has 0 bridgehead atoms. The minimum Gasteiger partial charge on any atom is -0.340 e. The Kier molecular flexibility index (Phi) is 5.05. The van der Waals surface area contributed by atoms with E-state index in [1.165, 1.54) is 11.1 Å². The fraction of sp³-hybridized carbons (Fsp3) is 0.400. The molecule has 0 radical (unpaired) electrons. The summed E-state index contributed by atoms with van der Waals surface area (Å²) in [7, 11) is 2.00. The van der Waals surface area contributed by atoms with Gasteiger partial charge in [0.15, 0.2) is 5.16 Å². The summed E-state index contributed by atoms with van der Waals surface area (Å²) in [5.74, 6) is 1.55. The zero-order valence-corrected chi connectivity index (χ0v) is 12.5. The number of H-pyrrole nitrogens is 1. The summed E-state index contributed by atoms with van der Waals surface area (Å²) < 4.78 is 0. The molecule has 0 aliphatic carbocycles. The van der Waals surface area contributed by atoms with Crippen molar-refractivity contribution in [3.05, 3.63) is 47.8 Å². The maximum absolute atomic E-state index is 4.23.